The molecule has 0 radical (unpaired) electrons. The molecule has 0 saturated heterocycles. The van der Waals surface area contributed by atoms with E-state index in [2.05, 4.69) is 34.4 Å². The summed E-state index contributed by atoms with van der Waals surface area (Å²) in [4.78, 5) is 4.32. The molecular weight excluding hydrogens is 373 g/mol. The van der Waals surface area contributed by atoms with Crippen LogP contribution in [0.2, 0.25) is 0 Å². The molecule has 0 atom stereocenters. The predicted octanol–water partition coefficient (Wildman–Crippen LogP) is 2.63. The van der Waals surface area contributed by atoms with Crippen molar-refractivity contribution in [2.24, 2.45) is 10.7 Å². The van der Waals surface area contributed by atoms with Gasteiger partial charge in [0.2, 0.25) is 0 Å². The van der Waals surface area contributed by atoms with E-state index in [0.717, 1.165) is 10.0 Å². The van der Waals surface area contributed by atoms with E-state index in [9.17, 15) is 0 Å². The summed E-state index contributed by atoms with van der Waals surface area (Å²) in [5, 5.41) is 13.5. The lowest BCUT2D eigenvalue weighted by Gasteiger charge is -2.11. The Balaban J connectivity index is 0.00000180. The number of hydrogen-bond donors (Lipinski definition) is 2. The second-order valence-corrected chi connectivity index (χ2v) is 6.11. The Labute approximate surface area is 135 Å². The molecule has 3 N–H and O–H groups in total. The zero-order valence-corrected chi connectivity index (χ0v) is 14.6. The molecule has 1 heterocycles. The van der Waals surface area contributed by atoms with Gasteiger partial charge < -0.3 is 11.1 Å². The first kappa shape index (κ1) is 16.6. The first-order valence-electron chi connectivity index (χ1n) is 6.54. The number of guanidine groups is 1. The Kier molecular flexibility index (Phi) is 6.98. The molecule has 2 rings (SSSR count). The molecule has 0 spiro atoms. The lowest BCUT2D eigenvalue weighted by atomic mass is 10.2. The molecule has 0 aliphatic heterocycles. The van der Waals surface area contributed by atoms with Gasteiger partial charge in [-0.05, 0) is 12.8 Å². The predicted molar refractivity (Wildman–Crippen MR) is 90.1 cm³/mol. The maximum Gasteiger partial charge on any atom is 0.189 e. The van der Waals surface area contributed by atoms with Crippen LogP contribution in [0.25, 0.3) is 0 Å². The van der Waals surface area contributed by atoms with Gasteiger partial charge in [0, 0.05) is 12.0 Å². The summed E-state index contributed by atoms with van der Waals surface area (Å²) in [6.45, 7) is 4.75. The maximum atomic E-state index is 5.86. The summed E-state index contributed by atoms with van der Waals surface area (Å²) < 4.78 is 0. The van der Waals surface area contributed by atoms with Crippen LogP contribution in [0.15, 0.2) is 4.99 Å². The van der Waals surface area contributed by atoms with Crippen LogP contribution in [-0.2, 0) is 6.54 Å². The van der Waals surface area contributed by atoms with Crippen molar-refractivity contribution in [2.75, 3.05) is 0 Å². The van der Waals surface area contributed by atoms with E-state index < -0.39 is 0 Å². The summed E-state index contributed by atoms with van der Waals surface area (Å²) in [6, 6.07) is 0.509. The summed E-state index contributed by atoms with van der Waals surface area (Å²) in [6.07, 6.45) is 4.98. The molecule has 0 unspecified atom stereocenters. The number of rotatable bonds is 4. The number of nitrogens with two attached hydrogens (primary N) is 1. The third kappa shape index (κ3) is 5.21. The van der Waals surface area contributed by atoms with Crippen molar-refractivity contribution < 1.29 is 0 Å². The highest BCUT2D eigenvalue weighted by Gasteiger charge is 2.15. The van der Waals surface area contributed by atoms with Gasteiger partial charge in [-0.25, -0.2) is 4.99 Å². The van der Waals surface area contributed by atoms with E-state index in [4.69, 9.17) is 5.73 Å². The molecule has 1 aliphatic carbocycles. The van der Waals surface area contributed by atoms with Crippen LogP contribution >= 0.6 is 35.3 Å². The first-order chi connectivity index (χ1) is 8.65. The van der Waals surface area contributed by atoms with Gasteiger partial charge in [-0.2, -0.15) is 0 Å². The highest BCUT2D eigenvalue weighted by molar-refractivity contribution is 14.0. The van der Waals surface area contributed by atoms with Crippen LogP contribution in [0, 0.1) is 0 Å². The smallest absolute Gasteiger partial charge is 0.189 e. The van der Waals surface area contributed by atoms with Gasteiger partial charge in [0.25, 0.3) is 0 Å². The van der Waals surface area contributed by atoms with Crippen LogP contribution < -0.4 is 11.1 Å². The fourth-order valence-corrected chi connectivity index (χ4v) is 2.81. The quantitative estimate of drug-likeness (QED) is 0.467. The summed E-state index contributed by atoms with van der Waals surface area (Å²) in [5.41, 5.74) is 5.86. The molecule has 1 aromatic heterocycles. The van der Waals surface area contributed by atoms with E-state index in [1.807, 2.05) is 0 Å². The Bertz CT molecular complexity index is 412. The summed E-state index contributed by atoms with van der Waals surface area (Å²) in [5.74, 6) is 0.956. The van der Waals surface area contributed by atoms with Gasteiger partial charge in [0.05, 0.1) is 6.54 Å². The molecule has 0 amide bonds. The third-order valence-electron chi connectivity index (χ3n) is 3.07. The Morgan fingerprint density at radius 1 is 1.42 bits per heavy atom. The SMILES string of the molecule is CC(C)c1nnc(CN=C(N)NC2CCCC2)s1.I. The van der Waals surface area contributed by atoms with E-state index in [1.54, 1.807) is 11.3 Å². The molecule has 1 aromatic rings. The van der Waals surface area contributed by atoms with Crippen LogP contribution in [-0.4, -0.2) is 22.2 Å². The van der Waals surface area contributed by atoms with E-state index in [0.29, 0.717) is 24.5 Å². The highest BCUT2D eigenvalue weighted by Crippen LogP contribution is 2.19. The van der Waals surface area contributed by atoms with Gasteiger partial charge in [-0.3, -0.25) is 0 Å². The van der Waals surface area contributed by atoms with Gasteiger partial charge in [-0.1, -0.05) is 38.0 Å². The minimum atomic E-state index is 0. The fourth-order valence-electron chi connectivity index (χ4n) is 2.04. The zero-order chi connectivity index (χ0) is 13.0. The lowest BCUT2D eigenvalue weighted by Crippen LogP contribution is -2.38. The largest absolute Gasteiger partial charge is 0.370 e. The Morgan fingerprint density at radius 2 is 2.11 bits per heavy atom. The Morgan fingerprint density at radius 3 is 2.68 bits per heavy atom. The third-order valence-corrected chi connectivity index (χ3v) is 4.28. The number of nitrogens with zero attached hydrogens (tertiary/aromatic N) is 3. The molecule has 5 nitrogen and oxygen atoms in total. The minimum Gasteiger partial charge on any atom is -0.370 e. The van der Waals surface area contributed by atoms with E-state index >= 15 is 0 Å². The first-order valence-corrected chi connectivity index (χ1v) is 7.35. The molecule has 1 aliphatic rings. The standard InChI is InChI=1S/C12H21N5S.HI/c1-8(2)11-17-16-10(18-11)7-14-12(13)15-9-5-3-4-6-9;/h8-9H,3-7H2,1-2H3,(H3,13,14,15);1H. The number of aromatic nitrogens is 2. The average molecular weight is 395 g/mol. The molecule has 7 heteroatoms. The van der Waals surface area contributed by atoms with Gasteiger partial charge >= 0.3 is 0 Å². The van der Waals surface area contributed by atoms with Crippen LogP contribution in [0.5, 0.6) is 0 Å². The number of nitrogens with one attached hydrogen (secondary N) is 1. The molecule has 108 valence electrons. The molecule has 0 aromatic carbocycles. The van der Waals surface area contributed by atoms with Crippen molar-refractivity contribution in [3.63, 3.8) is 0 Å². The van der Waals surface area contributed by atoms with Crippen LogP contribution in [0.3, 0.4) is 0 Å². The monoisotopic (exact) mass is 395 g/mol. The van der Waals surface area contributed by atoms with Crippen molar-refractivity contribution in [1.82, 2.24) is 15.5 Å². The number of halogens is 1. The fraction of sp³-hybridized carbons (Fsp3) is 0.750. The molecule has 1 saturated carbocycles. The van der Waals surface area contributed by atoms with Gasteiger partial charge in [0.15, 0.2) is 5.96 Å². The number of aliphatic imine (C=N–C) groups is 1. The lowest BCUT2D eigenvalue weighted by molar-refractivity contribution is 0.625. The van der Waals surface area contributed by atoms with Gasteiger partial charge in [-0.15, -0.1) is 34.2 Å². The second-order valence-electron chi connectivity index (χ2n) is 5.02. The normalized spacial score (nSPS) is 16.7. The van der Waals surface area contributed by atoms with E-state index in [1.165, 1.54) is 25.7 Å². The number of hydrogen-bond acceptors (Lipinski definition) is 4. The van der Waals surface area contributed by atoms with Crippen molar-refractivity contribution in [3.8, 4) is 0 Å². The van der Waals surface area contributed by atoms with Crippen molar-refractivity contribution >= 4 is 41.3 Å². The maximum absolute atomic E-state index is 5.86. The van der Waals surface area contributed by atoms with Crippen LogP contribution in [0.1, 0.15) is 55.5 Å². The molecule has 0 bridgehead atoms. The van der Waals surface area contributed by atoms with Crippen LogP contribution in [0.4, 0.5) is 0 Å². The van der Waals surface area contributed by atoms with Crippen molar-refractivity contribution in [1.29, 1.82) is 0 Å². The Hall–Kier alpha value is -0.440. The molecule has 19 heavy (non-hydrogen) atoms. The van der Waals surface area contributed by atoms with Crippen molar-refractivity contribution in [3.05, 3.63) is 10.0 Å². The zero-order valence-electron chi connectivity index (χ0n) is 11.4. The molecular formula is C12H22IN5S. The average Bonchev–Trinajstić information content (AvgIpc) is 2.96. The molecule has 1 fully saturated rings. The topological polar surface area (TPSA) is 76.2 Å². The summed E-state index contributed by atoms with van der Waals surface area (Å²) >= 11 is 1.61. The van der Waals surface area contributed by atoms with Gasteiger partial charge in [0.1, 0.15) is 10.0 Å². The second kappa shape index (κ2) is 7.98. The summed E-state index contributed by atoms with van der Waals surface area (Å²) in [7, 11) is 0. The van der Waals surface area contributed by atoms with Crippen molar-refractivity contribution in [2.45, 2.75) is 58.0 Å². The van der Waals surface area contributed by atoms with E-state index in [-0.39, 0.29) is 24.0 Å². The minimum absolute atomic E-state index is 0. The highest BCUT2D eigenvalue weighted by atomic mass is 127.